The van der Waals surface area contributed by atoms with Crippen LogP contribution in [0.15, 0.2) is 36.4 Å². The quantitative estimate of drug-likeness (QED) is 0.621. The molecule has 1 fully saturated rings. The molecule has 0 radical (unpaired) electrons. The highest BCUT2D eigenvalue weighted by atomic mass is 32.1. The number of anilines is 2. The Morgan fingerprint density at radius 2 is 1.80 bits per heavy atom. The highest BCUT2D eigenvalue weighted by molar-refractivity contribution is 7.16. The van der Waals surface area contributed by atoms with E-state index in [1.54, 1.807) is 12.1 Å². The zero-order valence-electron chi connectivity index (χ0n) is 17.3. The number of rotatable bonds is 6. The van der Waals surface area contributed by atoms with E-state index < -0.39 is 12.1 Å². The van der Waals surface area contributed by atoms with Crippen LogP contribution < -0.4 is 4.90 Å². The largest absolute Gasteiger partial charge is 0.480 e. The van der Waals surface area contributed by atoms with E-state index in [2.05, 4.69) is 4.74 Å². The summed E-state index contributed by atoms with van der Waals surface area (Å²) < 4.78 is 23.0. The zero-order chi connectivity index (χ0) is 21.9. The van der Waals surface area contributed by atoms with Crippen LogP contribution in [0.3, 0.4) is 0 Å². The van der Waals surface area contributed by atoms with Gasteiger partial charge in [-0.3, -0.25) is 0 Å². The van der Waals surface area contributed by atoms with Crippen LogP contribution in [0.4, 0.5) is 19.9 Å². The Kier molecular flexibility index (Phi) is 9.76. The molecule has 6 nitrogen and oxygen atoms in total. The molecule has 1 heterocycles. The molecule has 0 atom stereocenters. The van der Waals surface area contributed by atoms with E-state index in [0.29, 0.717) is 18.2 Å². The van der Waals surface area contributed by atoms with Crippen LogP contribution in [0.2, 0.25) is 0 Å². The molecule has 0 unspecified atom stereocenters. The van der Waals surface area contributed by atoms with Crippen LogP contribution >= 0.6 is 11.3 Å². The van der Waals surface area contributed by atoms with Crippen molar-refractivity contribution in [2.45, 2.75) is 39.0 Å². The summed E-state index contributed by atoms with van der Waals surface area (Å²) in [6.07, 6.45) is 5.57. The molecular weight excluding hydrogens is 409 g/mol. The van der Waals surface area contributed by atoms with E-state index in [4.69, 9.17) is 9.84 Å². The van der Waals surface area contributed by atoms with Crippen LogP contribution in [0.5, 0.6) is 0 Å². The Bertz CT molecular complexity index is 802. The lowest BCUT2D eigenvalue weighted by atomic mass is 9.90. The number of ether oxygens (including phenoxy) is 2. The van der Waals surface area contributed by atoms with Crippen LogP contribution in [0.1, 0.15) is 37.0 Å². The highest BCUT2D eigenvalue weighted by Crippen LogP contribution is 2.33. The second kappa shape index (κ2) is 12.3. The Morgan fingerprint density at radius 1 is 1.13 bits per heavy atom. The van der Waals surface area contributed by atoms with Gasteiger partial charge in [-0.05, 0) is 62.1 Å². The van der Waals surface area contributed by atoms with Crippen molar-refractivity contribution in [3.63, 3.8) is 0 Å². The van der Waals surface area contributed by atoms with Gasteiger partial charge in [0.05, 0.1) is 12.3 Å². The number of amides is 1. The third kappa shape index (κ3) is 7.76. The number of carbonyl (C=O) groups excluding carboxylic acids is 1. The maximum absolute atomic E-state index is 13.2. The Labute approximate surface area is 180 Å². The molecule has 0 saturated heterocycles. The van der Waals surface area contributed by atoms with Crippen molar-refractivity contribution in [2.75, 3.05) is 25.2 Å². The second-order valence-corrected chi connectivity index (χ2v) is 8.37. The minimum Gasteiger partial charge on any atom is -0.480 e. The molecule has 1 amide bonds. The summed E-state index contributed by atoms with van der Waals surface area (Å²) in [5, 5.41) is 8.57. The van der Waals surface area contributed by atoms with Gasteiger partial charge >= 0.3 is 12.1 Å². The Balaban J connectivity index is 0.000000469. The SMILES string of the molecule is COCC(=O)O.Cc1ccc(N(C(=O)OCC2CCCCC2)c2ccc(F)cc2)s1. The molecule has 3 rings (SSSR count). The van der Waals surface area contributed by atoms with Crippen LogP contribution in [-0.2, 0) is 14.3 Å². The van der Waals surface area contributed by atoms with E-state index in [1.165, 1.54) is 54.7 Å². The van der Waals surface area contributed by atoms with Gasteiger partial charge in [0.2, 0.25) is 0 Å². The fraction of sp³-hybridized carbons (Fsp3) is 0.455. The lowest BCUT2D eigenvalue weighted by molar-refractivity contribution is -0.141. The standard InChI is InChI=1S/C19H22FNO2S.C3H6O3/c1-14-7-12-18(24-14)21(17-10-8-16(20)9-11-17)19(22)23-13-15-5-3-2-4-6-15;1-6-2-3(4)5/h7-12,15H,2-6,13H2,1H3;2H2,1H3,(H,4,5). The minimum absolute atomic E-state index is 0.208. The van der Waals surface area contributed by atoms with Gasteiger partial charge in [-0.1, -0.05) is 19.3 Å². The summed E-state index contributed by atoms with van der Waals surface area (Å²) in [4.78, 5) is 24.8. The molecule has 1 saturated carbocycles. The normalized spacial score (nSPS) is 13.8. The molecule has 2 aromatic rings. The summed E-state index contributed by atoms with van der Waals surface area (Å²) in [6.45, 7) is 2.24. The first-order valence-corrected chi connectivity index (χ1v) is 10.7. The molecule has 1 aliphatic carbocycles. The molecular formula is C22H28FNO5S. The van der Waals surface area contributed by atoms with Crippen LogP contribution in [0.25, 0.3) is 0 Å². The number of thiophene rings is 1. The highest BCUT2D eigenvalue weighted by Gasteiger charge is 2.23. The van der Waals surface area contributed by atoms with Gasteiger partial charge in [0, 0.05) is 12.0 Å². The molecule has 0 bridgehead atoms. The first-order valence-electron chi connectivity index (χ1n) is 9.90. The van der Waals surface area contributed by atoms with E-state index >= 15 is 0 Å². The van der Waals surface area contributed by atoms with E-state index in [-0.39, 0.29) is 12.4 Å². The average molecular weight is 438 g/mol. The smallest absolute Gasteiger partial charge is 0.419 e. The van der Waals surface area contributed by atoms with Gasteiger partial charge in [0.1, 0.15) is 17.4 Å². The van der Waals surface area contributed by atoms with Crippen molar-refractivity contribution < 1.29 is 28.6 Å². The predicted molar refractivity (Wildman–Crippen MR) is 115 cm³/mol. The topological polar surface area (TPSA) is 76.1 Å². The number of methoxy groups -OCH3 is 1. The molecule has 1 aliphatic rings. The number of aliphatic carboxylic acids is 1. The maximum Gasteiger partial charge on any atom is 0.419 e. The average Bonchev–Trinajstić information content (AvgIpc) is 3.15. The number of carbonyl (C=O) groups is 2. The zero-order valence-corrected chi connectivity index (χ0v) is 18.1. The molecule has 8 heteroatoms. The summed E-state index contributed by atoms with van der Waals surface area (Å²) in [7, 11) is 1.34. The van der Waals surface area contributed by atoms with Crippen molar-refractivity contribution in [3.8, 4) is 0 Å². The van der Waals surface area contributed by atoms with Gasteiger partial charge in [-0.2, -0.15) is 0 Å². The summed E-state index contributed by atoms with van der Waals surface area (Å²) >= 11 is 1.52. The van der Waals surface area contributed by atoms with Crippen molar-refractivity contribution in [3.05, 3.63) is 47.1 Å². The predicted octanol–water partition coefficient (Wildman–Crippen LogP) is 5.77. The molecule has 1 aromatic carbocycles. The third-order valence-electron chi connectivity index (χ3n) is 4.65. The number of halogens is 1. The lowest BCUT2D eigenvalue weighted by Gasteiger charge is -2.24. The van der Waals surface area contributed by atoms with Gasteiger partial charge in [0.15, 0.2) is 0 Å². The number of benzene rings is 1. The van der Waals surface area contributed by atoms with E-state index in [0.717, 1.165) is 22.7 Å². The van der Waals surface area contributed by atoms with E-state index in [1.807, 2.05) is 19.1 Å². The first-order chi connectivity index (χ1) is 14.4. The van der Waals surface area contributed by atoms with Crippen molar-refractivity contribution >= 4 is 34.1 Å². The van der Waals surface area contributed by atoms with E-state index in [9.17, 15) is 14.0 Å². The molecule has 164 valence electrons. The lowest BCUT2D eigenvalue weighted by Crippen LogP contribution is -2.28. The van der Waals surface area contributed by atoms with Crippen molar-refractivity contribution in [1.29, 1.82) is 0 Å². The molecule has 0 spiro atoms. The van der Waals surface area contributed by atoms with Crippen molar-refractivity contribution in [2.24, 2.45) is 5.92 Å². The Morgan fingerprint density at radius 3 is 2.30 bits per heavy atom. The number of aryl methyl sites for hydroxylation is 1. The number of carboxylic acids is 1. The molecule has 1 aromatic heterocycles. The van der Waals surface area contributed by atoms with Gasteiger partial charge in [-0.25, -0.2) is 18.9 Å². The van der Waals surface area contributed by atoms with Gasteiger partial charge in [-0.15, -0.1) is 11.3 Å². The first kappa shape index (κ1) is 23.8. The maximum atomic E-state index is 13.2. The fourth-order valence-corrected chi connectivity index (χ4v) is 4.06. The minimum atomic E-state index is -0.933. The van der Waals surface area contributed by atoms with Crippen LogP contribution in [-0.4, -0.2) is 37.5 Å². The molecule has 1 N–H and O–H groups in total. The molecule has 30 heavy (non-hydrogen) atoms. The van der Waals surface area contributed by atoms with Gasteiger partial charge in [0.25, 0.3) is 0 Å². The summed E-state index contributed by atoms with van der Waals surface area (Å²) in [5.41, 5.74) is 0.617. The van der Waals surface area contributed by atoms with Crippen LogP contribution in [0, 0.1) is 18.7 Å². The number of hydrogen-bond acceptors (Lipinski definition) is 5. The van der Waals surface area contributed by atoms with Crippen molar-refractivity contribution in [1.82, 2.24) is 0 Å². The second-order valence-electron chi connectivity index (χ2n) is 7.10. The number of carboxylic acid groups (broad SMARTS) is 1. The summed E-state index contributed by atoms with van der Waals surface area (Å²) in [5.74, 6) is -0.794. The Hall–Kier alpha value is -2.45. The number of nitrogens with zero attached hydrogens (tertiary/aromatic N) is 1. The summed E-state index contributed by atoms with van der Waals surface area (Å²) in [6, 6.07) is 9.78. The monoisotopic (exact) mass is 437 g/mol. The third-order valence-corrected chi connectivity index (χ3v) is 5.63. The van der Waals surface area contributed by atoms with Gasteiger partial charge < -0.3 is 14.6 Å². The fourth-order valence-electron chi connectivity index (χ4n) is 3.19. The number of hydrogen-bond donors (Lipinski definition) is 1. The molecule has 0 aliphatic heterocycles.